The number of rotatable bonds is 7. The molecule has 9 aromatic rings. The molecule has 1 aliphatic rings. The van der Waals surface area contributed by atoms with Gasteiger partial charge in [-0.1, -0.05) is 188 Å². The maximum atomic E-state index is 5.09. The Bertz CT molecular complexity index is 2720. The van der Waals surface area contributed by atoms with Crippen LogP contribution in [0.25, 0.3) is 67.5 Å². The van der Waals surface area contributed by atoms with E-state index in [0.29, 0.717) is 17.5 Å². The maximum Gasteiger partial charge on any atom is 0.164 e. The normalized spacial score (nSPS) is 12.5. The van der Waals surface area contributed by atoms with Gasteiger partial charge in [-0.2, -0.15) is 0 Å². The summed E-state index contributed by atoms with van der Waals surface area (Å²) < 4.78 is 0. The third-order valence-corrected chi connectivity index (χ3v) is 10.8. The van der Waals surface area contributed by atoms with Gasteiger partial charge in [-0.25, -0.2) is 15.0 Å². The molecule has 0 aliphatic heterocycles. The number of pyridine rings is 1. The van der Waals surface area contributed by atoms with Crippen molar-refractivity contribution < 1.29 is 0 Å². The minimum atomic E-state index is -0.529. The summed E-state index contributed by atoms with van der Waals surface area (Å²) in [5.41, 5.74) is 14.3. The second kappa shape index (κ2) is 13.6. The summed E-state index contributed by atoms with van der Waals surface area (Å²) in [5.74, 6) is 1.90. The maximum absolute atomic E-state index is 5.09. The number of hydrogen-bond acceptors (Lipinski definition) is 4. The van der Waals surface area contributed by atoms with Gasteiger partial charge < -0.3 is 0 Å². The first kappa shape index (κ1) is 32.4. The lowest BCUT2D eigenvalue weighted by atomic mass is 9.67. The molecule has 0 atom stereocenters. The predicted octanol–water partition coefficient (Wildman–Crippen LogP) is 12.0. The van der Waals surface area contributed by atoms with Crippen molar-refractivity contribution in [2.45, 2.75) is 5.41 Å². The minimum Gasteiger partial charge on any atom is -0.264 e. The molecule has 2 heterocycles. The van der Waals surface area contributed by atoms with E-state index >= 15 is 0 Å². The van der Waals surface area contributed by atoms with E-state index in [9.17, 15) is 0 Å². The predicted molar refractivity (Wildman–Crippen MR) is 222 cm³/mol. The van der Waals surface area contributed by atoms with Crippen LogP contribution in [0.15, 0.2) is 207 Å². The van der Waals surface area contributed by atoms with Gasteiger partial charge in [0.15, 0.2) is 17.5 Å². The highest BCUT2D eigenvalue weighted by molar-refractivity contribution is 5.86. The van der Waals surface area contributed by atoms with Crippen molar-refractivity contribution in [1.29, 1.82) is 0 Å². The molecule has 1 aliphatic carbocycles. The fourth-order valence-electron chi connectivity index (χ4n) is 8.13. The number of benzene rings is 7. The van der Waals surface area contributed by atoms with E-state index in [1.165, 1.54) is 38.9 Å². The molecular weight excluding hydrogens is 669 g/mol. The summed E-state index contributed by atoms with van der Waals surface area (Å²) >= 11 is 0. The lowest BCUT2D eigenvalue weighted by molar-refractivity contribution is 0.768. The first-order valence-electron chi connectivity index (χ1n) is 18.5. The molecular formula is C51H34N4. The zero-order valence-corrected chi connectivity index (χ0v) is 29.9. The molecule has 0 saturated carbocycles. The van der Waals surface area contributed by atoms with Crippen molar-refractivity contribution in [3.63, 3.8) is 0 Å². The largest absolute Gasteiger partial charge is 0.264 e. The number of nitrogens with zero attached hydrogens (tertiary/aromatic N) is 4. The van der Waals surface area contributed by atoms with Crippen LogP contribution in [0, 0.1) is 0 Å². The lowest BCUT2D eigenvalue weighted by Gasteiger charge is -2.34. The van der Waals surface area contributed by atoms with Crippen LogP contribution in [0.3, 0.4) is 0 Å². The molecule has 0 radical (unpaired) electrons. The fourth-order valence-corrected chi connectivity index (χ4v) is 8.13. The monoisotopic (exact) mass is 702 g/mol. The average molecular weight is 703 g/mol. The molecule has 0 N–H and O–H groups in total. The minimum absolute atomic E-state index is 0.529. The Morgan fingerprint density at radius 1 is 0.291 bits per heavy atom. The Balaban J connectivity index is 1.10. The van der Waals surface area contributed by atoms with E-state index in [4.69, 9.17) is 15.0 Å². The van der Waals surface area contributed by atoms with Crippen molar-refractivity contribution in [2.24, 2.45) is 0 Å². The van der Waals surface area contributed by atoms with Crippen molar-refractivity contribution in [3.05, 3.63) is 229 Å². The van der Waals surface area contributed by atoms with Crippen LogP contribution in [0.2, 0.25) is 0 Å². The van der Waals surface area contributed by atoms with Gasteiger partial charge in [0.05, 0.1) is 5.41 Å². The van der Waals surface area contributed by atoms with Crippen LogP contribution in [0.4, 0.5) is 0 Å². The van der Waals surface area contributed by atoms with Crippen LogP contribution in [0.5, 0.6) is 0 Å². The van der Waals surface area contributed by atoms with Gasteiger partial charge in [0.2, 0.25) is 0 Å². The first-order valence-corrected chi connectivity index (χ1v) is 18.5. The Kier molecular flexibility index (Phi) is 8.00. The topological polar surface area (TPSA) is 51.6 Å². The summed E-state index contributed by atoms with van der Waals surface area (Å²) in [6.07, 6.45) is 3.73. The summed E-state index contributed by atoms with van der Waals surface area (Å²) in [5, 5.41) is 0. The van der Waals surface area contributed by atoms with E-state index in [1.807, 2.05) is 54.9 Å². The molecule has 0 spiro atoms. The van der Waals surface area contributed by atoms with E-state index in [0.717, 1.165) is 33.4 Å². The van der Waals surface area contributed by atoms with Crippen molar-refractivity contribution in [2.75, 3.05) is 0 Å². The second-order valence-electron chi connectivity index (χ2n) is 13.9. The molecule has 2 aromatic heterocycles. The quantitative estimate of drug-likeness (QED) is 0.166. The van der Waals surface area contributed by atoms with Gasteiger partial charge >= 0.3 is 0 Å². The van der Waals surface area contributed by atoms with Gasteiger partial charge in [0, 0.05) is 29.1 Å². The van der Waals surface area contributed by atoms with Gasteiger partial charge in [0.1, 0.15) is 0 Å². The molecule has 0 fully saturated rings. The highest BCUT2D eigenvalue weighted by atomic mass is 15.0. The van der Waals surface area contributed by atoms with E-state index in [1.54, 1.807) is 0 Å². The summed E-state index contributed by atoms with van der Waals surface area (Å²) in [6, 6.07) is 68.5. The van der Waals surface area contributed by atoms with Crippen LogP contribution >= 0.6 is 0 Å². The van der Waals surface area contributed by atoms with E-state index in [-0.39, 0.29) is 0 Å². The third-order valence-electron chi connectivity index (χ3n) is 10.8. The highest BCUT2D eigenvalue weighted by Crippen LogP contribution is 2.56. The Hall–Kier alpha value is -7.30. The third kappa shape index (κ3) is 5.63. The number of hydrogen-bond donors (Lipinski definition) is 0. The van der Waals surface area contributed by atoms with Crippen LogP contribution < -0.4 is 0 Å². The standard InChI is InChI=1S/C51H34N4/c1-3-12-35(13-4-1)36-21-23-39(24-22-36)49-53-48(38-14-5-2-6-15-38)54-50(55-49)40-27-31-43(32-28-40)51(42-29-25-37(26-30-42)41-16-11-33-52-34-41)46-19-9-7-17-44(46)45-18-8-10-20-47(45)51/h1-34H. The Labute approximate surface area is 320 Å². The molecule has 4 nitrogen and oxygen atoms in total. The van der Waals surface area contributed by atoms with Crippen LogP contribution in [-0.4, -0.2) is 19.9 Å². The van der Waals surface area contributed by atoms with Crippen molar-refractivity contribution >= 4 is 0 Å². The smallest absolute Gasteiger partial charge is 0.164 e. The van der Waals surface area contributed by atoms with Gasteiger partial charge in [0.25, 0.3) is 0 Å². The van der Waals surface area contributed by atoms with Crippen LogP contribution in [-0.2, 0) is 5.41 Å². The van der Waals surface area contributed by atoms with Gasteiger partial charge in [-0.05, 0) is 61.7 Å². The Morgan fingerprint density at radius 2 is 0.655 bits per heavy atom. The summed E-state index contributed by atoms with van der Waals surface area (Å²) in [6.45, 7) is 0. The SMILES string of the molecule is c1ccc(-c2ccc(-c3nc(-c4ccccc4)nc(-c4ccc(C5(c6ccc(-c7cccnc7)cc6)c6ccccc6-c6ccccc65)cc4)n3)cc2)cc1. The van der Waals surface area contributed by atoms with E-state index < -0.39 is 5.41 Å². The lowest BCUT2D eigenvalue weighted by Crippen LogP contribution is -2.28. The van der Waals surface area contributed by atoms with E-state index in [2.05, 4.69) is 157 Å². The summed E-state index contributed by atoms with van der Waals surface area (Å²) in [4.78, 5) is 19.5. The Morgan fingerprint density at radius 3 is 1.16 bits per heavy atom. The molecule has 258 valence electrons. The van der Waals surface area contributed by atoms with Crippen LogP contribution in [0.1, 0.15) is 22.3 Å². The average Bonchev–Trinajstić information content (AvgIpc) is 3.58. The first-order chi connectivity index (χ1) is 27.3. The highest BCUT2D eigenvalue weighted by Gasteiger charge is 2.45. The summed E-state index contributed by atoms with van der Waals surface area (Å²) in [7, 11) is 0. The second-order valence-corrected chi connectivity index (χ2v) is 13.9. The number of fused-ring (bicyclic) bond motifs is 3. The molecule has 0 unspecified atom stereocenters. The molecule has 4 heteroatoms. The van der Waals surface area contributed by atoms with Gasteiger partial charge in [-0.15, -0.1) is 0 Å². The molecule has 55 heavy (non-hydrogen) atoms. The van der Waals surface area contributed by atoms with Gasteiger partial charge in [-0.3, -0.25) is 4.98 Å². The molecule has 7 aromatic carbocycles. The molecule has 0 bridgehead atoms. The molecule has 0 amide bonds. The molecule has 10 rings (SSSR count). The number of aromatic nitrogens is 4. The fraction of sp³-hybridized carbons (Fsp3) is 0.0196. The zero-order chi connectivity index (χ0) is 36.6. The molecule has 0 saturated heterocycles. The van der Waals surface area contributed by atoms with Crippen molar-refractivity contribution in [3.8, 4) is 67.5 Å². The van der Waals surface area contributed by atoms with Crippen molar-refractivity contribution in [1.82, 2.24) is 19.9 Å². The zero-order valence-electron chi connectivity index (χ0n) is 29.9.